The van der Waals surface area contributed by atoms with Gasteiger partial charge in [0.05, 0.1) is 0 Å². The van der Waals surface area contributed by atoms with Crippen molar-refractivity contribution >= 4 is 0 Å². The lowest BCUT2D eigenvalue weighted by Gasteiger charge is -2.51. The summed E-state index contributed by atoms with van der Waals surface area (Å²) in [6.07, 6.45) is -28.6. The third-order valence-corrected chi connectivity index (χ3v) is 8.88. The van der Waals surface area contributed by atoms with E-state index in [2.05, 4.69) is 9.47 Å². The lowest BCUT2D eigenvalue weighted by Crippen LogP contribution is -2.73. The van der Waals surface area contributed by atoms with E-state index in [9.17, 15) is 52.7 Å². The Labute approximate surface area is 204 Å². The van der Waals surface area contributed by atoms with Crippen LogP contribution in [0.5, 0.6) is 0 Å². The maximum Gasteiger partial charge on any atom is 0.429 e. The molecule has 2 bridgehead atoms. The fourth-order valence-corrected chi connectivity index (χ4v) is 6.90. The molecule has 37 heavy (non-hydrogen) atoms. The average molecular weight is 570 g/mol. The van der Waals surface area contributed by atoms with Gasteiger partial charge in [0.25, 0.3) is 11.2 Å². The summed E-state index contributed by atoms with van der Waals surface area (Å²) in [4.78, 5) is 0. The zero-order chi connectivity index (χ0) is 28.5. The number of rotatable bonds is 6. The lowest BCUT2D eigenvalue weighted by molar-refractivity contribution is -0.457. The van der Waals surface area contributed by atoms with Crippen molar-refractivity contribution in [3.05, 3.63) is 0 Å². The predicted octanol–water partition coefficient (Wildman–Crippen LogP) is 8.30. The van der Waals surface area contributed by atoms with Crippen molar-refractivity contribution in [1.29, 1.82) is 0 Å². The summed E-state index contributed by atoms with van der Waals surface area (Å²) in [5.74, 6) is -6.52. The summed E-state index contributed by atoms with van der Waals surface area (Å²) in [6.45, 7) is 0.0344. The van der Waals surface area contributed by atoms with Crippen LogP contribution in [-0.4, -0.2) is 48.4 Å². The van der Waals surface area contributed by atoms with Crippen molar-refractivity contribution in [2.45, 2.75) is 100 Å². The Kier molecular flexibility index (Phi) is 7.67. The number of fused-ring (bicyclic) bond motifs is 2. The average Bonchev–Trinajstić information content (AvgIpc) is 3.20. The summed E-state index contributed by atoms with van der Waals surface area (Å²) < 4.78 is 192. The smallest absolute Gasteiger partial charge is 0.331 e. The van der Waals surface area contributed by atoms with Gasteiger partial charge in [-0.05, 0) is 49.4 Å². The molecule has 0 radical (unpaired) electrons. The van der Waals surface area contributed by atoms with Crippen LogP contribution in [0.4, 0.5) is 57.1 Å². The van der Waals surface area contributed by atoms with Crippen molar-refractivity contribution < 1.29 is 66.5 Å². The molecular formula is C22H27F13O2. The monoisotopic (exact) mass is 570 g/mol. The van der Waals surface area contributed by atoms with Crippen LogP contribution >= 0.6 is 0 Å². The minimum Gasteiger partial charge on any atom is -0.331 e. The standard InChI is InChI=1S/C22H27F13O2/c1-11-12(2)15-8-13(11)9-16(15,23)18(21(30,31)32,22(33,34)35)37-10-36-17(19(24,25)26,20(27,28)29)14-6-4-3-5-7-14/h11-15H,3-10H2,1-2H3. The normalized spacial score (nSPS) is 32.8. The van der Waals surface area contributed by atoms with Gasteiger partial charge in [0, 0.05) is 5.92 Å². The molecule has 5 unspecified atom stereocenters. The van der Waals surface area contributed by atoms with Gasteiger partial charge in [0.1, 0.15) is 6.79 Å². The highest BCUT2D eigenvalue weighted by Gasteiger charge is 2.86. The molecule has 0 amide bonds. The minimum atomic E-state index is -6.58. The number of hydrogen-bond donors (Lipinski definition) is 0. The molecule has 3 saturated carbocycles. The van der Waals surface area contributed by atoms with E-state index in [1.807, 2.05) is 0 Å². The molecular weight excluding hydrogens is 543 g/mol. The molecule has 3 fully saturated rings. The van der Waals surface area contributed by atoms with Gasteiger partial charge < -0.3 is 9.47 Å². The van der Waals surface area contributed by atoms with Crippen LogP contribution in [0.3, 0.4) is 0 Å². The molecule has 0 heterocycles. The Balaban J connectivity index is 2.06. The quantitative estimate of drug-likeness (QED) is 0.236. The van der Waals surface area contributed by atoms with Crippen LogP contribution in [0.15, 0.2) is 0 Å². The zero-order valence-corrected chi connectivity index (χ0v) is 19.8. The van der Waals surface area contributed by atoms with E-state index in [1.54, 1.807) is 0 Å². The minimum absolute atomic E-state index is 0.0927. The van der Waals surface area contributed by atoms with E-state index >= 15 is 4.39 Å². The van der Waals surface area contributed by atoms with Gasteiger partial charge in [0.15, 0.2) is 5.67 Å². The second kappa shape index (κ2) is 9.29. The first kappa shape index (κ1) is 30.6. The van der Waals surface area contributed by atoms with Crippen molar-refractivity contribution in [1.82, 2.24) is 0 Å². The summed E-state index contributed by atoms with van der Waals surface area (Å²) in [7, 11) is 0. The summed E-state index contributed by atoms with van der Waals surface area (Å²) in [6, 6.07) is 0. The summed E-state index contributed by atoms with van der Waals surface area (Å²) in [5, 5.41) is 0. The third-order valence-electron chi connectivity index (χ3n) is 8.88. The molecule has 0 spiro atoms. The number of alkyl halides is 13. The maximum atomic E-state index is 16.1. The van der Waals surface area contributed by atoms with Crippen LogP contribution in [0, 0.1) is 29.6 Å². The fourth-order valence-electron chi connectivity index (χ4n) is 6.90. The largest absolute Gasteiger partial charge is 0.429 e. The highest BCUT2D eigenvalue weighted by atomic mass is 19.4. The zero-order valence-electron chi connectivity index (χ0n) is 19.8. The summed E-state index contributed by atoms with van der Waals surface area (Å²) in [5.41, 5.74) is -15.0. The van der Waals surface area contributed by atoms with Gasteiger partial charge in [-0.2, -0.15) is 52.7 Å². The molecule has 0 aromatic rings. The second-order valence-corrected chi connectivity index (χ2v) is 10.5. The molecule has 0 saturated heterocycles. The molecule has 15 heteroatoms. The Morgan fingerprint density at radius 1 is 0.676 bits per heavy atom. The van der Waals surface area contributed by atoms with Crippen molar-refractivity contribution in [2.75, 3.05) is 6.79 Å². The Morgan fingerprint density at radius 3 is 1.54 bits per heavy atom. The maximum absolute atomic E-state index is 16.1. The van der Waals surface area contributed by atoms with Crippen molar-refractivity contribution in [2.24, 2.45) is 29.6 Å². The second-order valence-electron chi connectivity index (χ2n) is 10.5. The van der Waals surface area contributed by atoms with Gasteiger partial charge in [-0.15, -0.1) is 0 Å². The fraction of sp³-hybridized carbons (Fsp3) is 1.00. The molecule has 2 nitrogen and oxygen atoms in total. The third kappa shape index (κ3) is 4.41. The highest BCUT2D eigenvalue weighted by molar-refractivity contribution is 5.21. The van der Waals surface area contributed by atoms with Gasteiger partial charge in [-0.3, -0.25) is 0 Å². The van der Waals surface area contributed by atoms with Gasteiger partial charge in [-0.25, -0.2) is 4.39 Å². The molecule has 5 atom stereocenters. The highest BCUT2D eigenvalue weighted by Crippen LogP contribution is 2.68. The van der Waals surface area contributed by atoms with E-state index in [4.69, 9.17) is 0 Å². The van der Waals surface area contributed by atoms with E-state index in [0.717, 1.165) is 0 Å². The van der Waals surface area contributed by atoms with E-state index < -0.39 is 97.2 Å². The summed E-state index contributed by atoms with van der Waals surface area (Å²) >= 11 is 0. The number of hydrogen-bond acceptors (Lipinski definition) is 2. The predicted molar refractivity (Wildman–Crippen MR) is 102 cm³/mol. The van der Waals surface area contributed by atoms with E-state index in [1.165, 1.54) is 13.8 Å². The van der Waals surface area contributed by atoms with Gasteiger partial charge >= 0.3 is 24.7 Å². The Morgan fingerprint density at radius 2 is 1.16 bits per heavy atom. The van der Waals surface area contributed by atoms with Crippen LogP contribution in [0.1, 0.15) is 58.8 Å². The van der Waals surface area contributed by atoms with Crippen LogP contribution in [-0.2, 0) is 9.47 Å². The van der Waals surface area contributed by atoms with Crippen molar-refractivity contribution in [3.63, 3.8) is 0 Å². The Hall–Kier alpha value is -0.990. The molecule has 3 rings (SSSR count). The first-order chi connectivity index (χ1) is 16.6. The molecule has 0 aromatic carbocycles. The Bertz CT molecular complexity index is 779. The lowest BCUT2D eigenvalue weighted by atomic mass is 9.66. The van der Waals surface area contributed by atoms with Gasteiger partial charge in [0.2, 0.25) is 0 Å². The SMILES string of the molecule is CC1C2CC(C1C)C(F)(C(OCOC(C1CCCCC1)(C(F)(F)F)C(F)(F)F)(C(F)(F)F)C(F)(F)F)C2. The first-order valence-electron chi connectivity index (χ1n) is 11.8. The number of ether oxygens (including phenoxy) is 2. The van der Waals surface area contributed by atoms with Crippen LogP contribution < -0.4 is 0 Å². The molecule has 3 aliphatic carbocycles. The molecule has 0 aromatic heterocycles. The molecule has 0 N–H and O–H groups in total. The molecule has 218 valence electrons. The first-order valence-corrected chi connectivity index (χ1v) is 11.8. The van der Waals surface area contributed by atoms with Crippen LogP contribution in [0.2, 0.25) is 0 Å². The molecule has 0 aliphatic heterocycles. The number of halogens is 13. The molecule has 3 aliphatic rings. The van der Waals surface area contributed by atoms with E-state index in [-0.39, 0.29) is 25.7 Å². The van der Waals surface area contributed by atoms with Crippen molar-refractivity contribution in [3.8, 4) is 0 Å². The van der Waals surface area contributed by atoms with Gasteiger partial charge in [-0.1, -0.05) is 33.1 Å². The topological polar surface area (TPSA) is 18.5 Å². The van der Waals surface area contributed by atoms with Crippen LogP contribution in [0.25, 0.3) is 0 Å². The van der Waals surface area contributed by atoms with E-state index in [0.29, 0.717) is 0 Å².